The number of carbonyl (C=O) groups is 3. The van der Waals surface area contributed by atoms with Crippen LogP contribution in [0.25, 0.3) is 16.4 Å². The molecule has 1 aromatic carbocycles. The number of amides is 3. The van der Waals surface area contributed by atoms with E-state index in [-0.39, 0.29) is 43.6 Å². The van der Waals surface area contributed by atoms with Gasteiger partial charge in [-0.2, -0.15) is 0 Å². The van der Waals surface area contributed by atoms with E-state index in [1.54, 1.807) is 12.1 Å². The van der Waals surface area contributed by atoms with Crippen molar-refractivity contribution in [3.05, 3.63) is 53.4 Å². The highest BCUT2D eigenvalue weighted by Crippen LogP contribution is 2.25. The number of thiophene rings is 1. The van der Waals surface area contributed by atoms with E-state index in [9.17, 15) is 18.8 Å². The summed E-state index contributed by atoms with van der Waals surface area (Å²) in [5, 5.41) is 8.85. The van der Waals surface area contributed by atoms with E-state index in [4.69, 9.17) is 0 Å². The molecule has 0 unspecified atom stereocenters. The number of hydrogen-bond donors (Lipinski definition) is 1. The average molecular weight is 427 g/mol. The van der Waals surface area contributed by atoms with E-state index in [1.807, 2.05) is 17.5 Å². The normalized spacial score (nSPS) is 13.8. The molecule has 8 nitrogen and oxygen atoms in total. The second-order valence-electron chi connectivity index (χ2n) is 6.68. The first-order valence-corrected chi connectivity index (χ1v) is 10.3. The molecule has 0 spiro atoms. The van der Waals surface area contributed by atoms with Crippen LogP contribution in [0.5, 0.6) is 0 Å². The van der Waals surface area contributed by atoms with Crippen LogP contribution >= 0.6 is 11.3 Å². The zero-order valence-corrected chi connectivity index (χ0v) is 16.7. The van der Waals surface area contributed by atoms with E-state index >= 15 is 0 Å². The summed E-state index contributed by atoms with van der Waals surface area (Å²) in [4.78, 5) is 42.1. The first kappa shape index (κ1) is 19.9. The average Bonchev–Trinajstić information content (AvgIpc) is 3.46. The minimum atomic E-state index is -0.484. The van der Waals surface area contributed by atoms with Gasteiger partial charge in [-0.25, -0.2) is 14.1 Å². The molecule has 0 aliphatic carbocycles. The quantitative estimate of drug-likeness (QED) is 0.461. The van der Waals surface area contributed by atoms with Gasteiger partial charge in [0.2, 0.25) is 17.6 Å². The number of nitrogens with zero attached hydrogens (tertiary/aromatic N) is 4. The van der Waals surface area contributed by atoms with Gasteiger partial charge in [0, 0.05) is 25.9 Å². The second kappa shape index (κ2) is 8.54. The van der Waals surface area contributed by atoms with E-state index in [2.05, 4.69) is 15.4 Å². The Morgan fingerprint density at radius 3 is 2.67 bits per heavy atom. The lowest BCUT2D eigenvalue weighted by Gasteiger charge is -2.13. The molecule has 2 aromatic heterocycles. The Kier molecular flexibility index (Phi) is 5.66. The summed E-state index contributed by atoms with van der Waals surface area (Å²) in [6, 6.07) is 9.58. The molecule has 1 N–H and O–H groups in total. The third-order valence-corrected chi connectivity index (χ3v) is 5.47. The van der Waals surface area contributed by atoms with Crippen molar-refractivity contribution >= 4 is 29.1 Å². The van der Waals surface area contributed by atoms with Crippen molar-refractivity contribution in [3.8, 4) is 16.4 Å². The van der Waals surface area contributed by atoms with Gasteiger partial charge in [0.1, 0.15) is 5.82 Å². The molecule has 3 aromatic rings. The summed E-state index contributed by atoms with van der Waals surface area (Å²) in [7, 11) is 0. The molecule has 1 fully saturated rings. The van der Waals surface area contributed by atoms with Crippen molar-refractivity contribution in [1.82, 2.24) is 25.0 Å². The standard InChI is InChI=1S/C20H18FN5O3S/c21-13-4-1-5-14(12-13)26-19(15-6-2-11-30-15)23-18(24-26)20(29)22-9-3-10-25-16(27)7-8-17(25)28/h1-2,4-6,11-12H,3,7-10H2,(H,22,29). The number of hydrogen-bond acceptors (Lipinski definition) is 6. The van der Waals surface area contributed by atoms with Crippen LogP contribution in [0.3, 0.4) is 0 Å². The molecule has 1 aliphatic heterocycles. The number of nitrogens with one attached hydrogen (secondary N) is 1. The number of rotatable bonds is 7. The van der Waals surface area contributed by atoms with E-state index in [0.717, 1.165) is 4.88 Å². The molecule has 0 radical (unpaired) electrons. The lowest BCUT2D eigenvalue weighted by Crippen LogP contribution is -2.33. The van der Waals surface area contributed by atoms with Crippen molar-refractivity contribution in [3.63, 3.8) is 0 Å². The predicted molar refractivity (Wildman–Crippen MR) is 108 cm³/mol. The maximum Gasteiger partial charge on any atom is 0.290 e. The first-order chi connectivity index (χ1) is 14.5. The van der Waals surface area contributed by atoms with Gasteiger partial charge in [0.25, 0.3) is 5.91 Å². The SMILES string of the molecule is O=C(NCCCN1C(=O)CCC1=O)c1nc(-c2cccs2)n(-c2cccc(F)c2)n1. The summed E-state index contributed by atoms with van der Waals surface area (Å²) < 4.78 is 15.1. The number of benzene rings is 1. The van der Waals surface area contributed by atoms with Gasteiger partial charge >= 0.3 is 0 Å². The zero-order chi connectivity index (χ0) is 21.1. The predicted octanol–water partition coefficient (Wildman–Crippen LogP) is 2.40. The van der Waals surface area contributed by atoms with Crippen LogP contribution < -0.4 is 5.32 Å². The third kappa shape index (κ3) is 4.13. The fourth-order valence-corrected chi connectivity index (χ4v) is 3.85. The largest absolute Gasteiger partial charge is 0.349 e. The van der Waals surface area contributed by atoms with Crippen LogP contribution in [0.2, 0.25) is 0 Å². The molecule has 30 heavy (non-hydrogen) atoms. The molecule has 0 bridgehead atoms. The Balaban J connectivity index is 1.47. The van der Waals surface area contributed by atoms with Crippen LogP contribution in [-0.2, 0) is 9.59 Å². The zero-order valence-electron chi connectivity index (χ0n) is 15.9. The highest BCUT2D eigenvalue weighted by molar-refractivity contribution is 7.13. The van der Waals surface area contributed by atoms with Crippen LogP contribution in [0, 0.1) is 5.82 Å². The number of imide groups is 1. The van der Waals surface area contributed by atoms with Crippen LogP contribution in [0.1, 0.15) is 29.9 Å². The Morgan fingerprint density at radius 1 is 1.17 bits per heavy atom. The molecular formula is C20H18FN5O3S. The van der Waals surface area contributed by atoms with Crippen LogP contribution in [-0.4, -0.2) is 50.5 Å². The molecular weight excluding hydrogens is 409 g/mol. The van der Waals surface area contributed by atoms with Crippen LogP contribution in [0.15, 0.2) is 41.8 Å². The molecule has 1 saturated heterocycles. The minimum Gasteiger partial charge on any atom is -0.349 e. The maximum absolute atomic E-state index is 13.7. The molecule has 1 aliphatic rings. The molecule has 0 saturated carbocycles. The van der Waals surface area contributed by atoms with Gasteiger partial charge in [0.05, 0.1) is 10.6 Å². The van der Waals surface area contributed by atoms with Gasteiger partial charge in [-0.3, -0.25) is 19.3 Å². The topological polar surface area (TPSA) is 97.2 Å². The van der Waals surface area contributed by atoms with E-state index in [1.165, 1.54) is 33.1 Å². The first-order valence-electron chi connectivity index (χ1n) is 9.41. The van der Waals surface area contributed by atoms with Gasteiger partial charge in [-0.1, -0.05) is 12.1 Å². The monoisotopic (exact) mass is 427 g/mol. The lowest BCUT2D eigenvalue weighted by atomic mass is 10.3. The molecule has 154 valence electrons. The minimum absolute atomic E-state index is 0.0454. The van der Waals surface area contributed by atoms with E-state index in [0.29, 0.717) is 17.9 Å². The van der Waals surface area contributed by atoms with Crippen molar-refractivity contribution in [2.75, 3.05) is 13.1 Å². The summed E-state index contributed by atoms with van der Waals surface area (Å²) in [6.45, 7) is 0.530. The Bertz CT molecular complexity index is 1080. The molecule has 3 amide bonds. The van der Waals surface area contributed by atoms with Gasteiger partial charge in [-0.05, 0) is 36.1 Å². The number of carbonyl (C=O) groups excluding carboxylic acids is 3. The van der Waals surface area contributed by atoms with Crippen molar-refractivity contribution in [2.45, 2.75) is 19.3 Å². The number of aromatic nitrogens is 3. The highest BCUT2D eigenvalue weighted by Gasteiger charge is 2.28. The van der Waals surface area contributed by atoms with Crippen molar-refractivity contribution in [1.29, 1.82) is 0 Å². The summed E-state index contributed by atoms with van der Waals surface area (Å²) in [6.07, 6.45) is 0.932. The Morgan fingerprint density at radius 2 is 1.97 bits per heavy atom. The fourth-order valence-electron chi connectivity index (χ4n) is 3.15. The second-order valence-corrected chi connectivity index (χ2v) is 7.62. The van der Waals surface area contributed by atoms with Crippen LogP contribution in [0.4, 0.5) is 4.39 Å². The molecule has 0 atom stereocenters. The smallest absolute Gasteiger partial charge is 0.290 e. The summed E-state index contributed by atoms with van der Waals surface area (Å²) >= 11 is 1.43. The Hall–Kier alpha value is -3.40. The van der Waals surface area contributed by atoms with Crippen molar-refractivity contribution in [2.24, 2.45) is 0 Å². The van der Waals surface area contributed by atoms with Gasteiger partial charge in [-0.15, -0.1) is 16.4 Å². The third-order valence-electron chi connectivity index (χ3n) is 4.60. The summed E-state index contributed by atoms with van der Waals surface area (Å²) in [5.74, 6) is -0.867. The molecule has 3 heterocycles. The molecule has 10 heteroatoms. The van der Waals surface area contributed by atoms with Crippen molar-refractivity contribution < 1.29 is 18.8 Å². The Labute approximate surface area is 175 Å². The number of halogens is 1. The van der Waals surface area contributed by atoms with E-state index < -0.39 is 11.7 Å². The maximum atomic E-state index is 13.7. The molecule has 4 rings (SSSR count). The summed E-state index contributed by atoms with van der Waals surface area (Å²) in [5.41, 5.74) is 0.455. The number of likely N-dealkylation sites (tertiary alicyclic amines) is 1. The van der Waals surface area contributed by atoms with Gasteiger partial charge < -0.3 is 5.32 Å². The van der Waals surface area contributed by atoms with Gasteiger partial charge in [0.15, 0.2) is 5.82 Å². The highest BCUT2D eigenvalue weighted by atomic mass is 32.1. The lowest BCUT2D eigenvalue weighted by molar-refractivity contribution is -0.138. The fraction of sp³-hybridized carbons (Fsp3) is 0.250.